The zero-order valence-corrected chi connectivity index (χ0v) is 8.96. The highest BCUT2D eigenvalue weighted by molar-refractivity contribution is 5.77. The molecule has 14 heavy (non-hydrogen) atoms. The Labute approximate surface area is 85.8 Å². The minimum absolute atomic E-state index is 0.359. The van der Waals surface area contributed by atoms with Crippen molar-refractivity contribution in [2.45, 2.75) is 38.6 Å². The molecule has 0 spiro atoms. The zero-order chi connectivity index (χ0) is 9.97. The molecule has 0 saturated carbocycles. The molecule has 0 bridgehead atoms. The summed E-state index contributed by atoms with van der Waals surface area (Å²) in [6.45, 7) is 5.20. The summed E-state index contributed by atoms with van der Waals surface area (Å²) in [5.41, 5.74) is 0. The number of hydrogen-bond donors (Lipinski definition) is 1. The minimum Gasteiger partial charge on any atom is -0.341 e. The second-order valence-corrected chi connectivity index (χ2v) is 4.73. The van der Waals surface area contributed by atoms with Gasteiger partial charge in [0.25, 0.3) is 0 Å². The molecule has 1 N–H and O–H groups in total. The third-order valence-corrected chi connectivity index (χ3v) is 3.37. The SMILES string of the molecule is CC1CCN(C[C@H]2CCCN2)C(=O)C1. The summed E-state index contributed by atoms with van der Waals surface area (Å²) in [5, 5.41) is 3.44. The van der Waals surface area contributed by atoms with Crippen molar-refractivity contribution in [3.63, 3.8) is 0 Å². The lowest BCUT2D eigenvalue weighted by Gasteiger charge is -2.32. The Kier molecular flexibility index (Phi) is 3.06. The maximum atomic E-state index is 11.7. The van der Waals surface area contributed by atoms with Crippen LogP contribution in [0.3, 0.4) is 0 Å². The van der Waals surface area contributed by atoms with Crippen LogP contribution in [-0.4, -0.2) is 36.5 Å². The molecule has 0 aromatic carbocycles. The van der Waals surface area contributed by atoms with Gasteiger partial charge in [0.1, 0.15) is 0 Å². The third-order valence-electron chi connectivity index (χ3n) is 3.37. The van der Waals surface area contributed by atoms with Crippen LogP contribution in [0, 0.1) is 5.92 Å². The summed E-state index contributed by atoms with van der Waals surface area (Å²) in [6.07, 6.45) is 4.44. The highest BCUT2D eigenvalue weighted by atomic mass is 16.2. The van der Waals surface area contributed by atoms with Crippen LogP contribution in [-0.2, 0) is 4.79 Å². The van der Waals surface area contributed by atoms with Crippen LogP contribution in [0.4, 0.5) is 0 Å². The Bertz CT molecular complexity index is 211. The molecule has 0 radical (unpaired) electrons. The van der Waals surface area contributed by atoms with E-state index in [9.17, 15) is 4.79 Å². The van der Waals surface area contributed by atoms with Crippen molar-refractivity contribution >= 4 is 5.91 Å². The molecule has 0 aromatic rings. The molecule has 1 amide bonds. The standard InChI is InChI=1S/C11H20N2O/c1-9-4-6-13(11(14)7-9)8-10-3-2-5-12-10/h9-10,12H,2-8H2,1H3/t9?,10-/m1/s1. The number of nitrogens with zero attached hydrogens (tertiary/aromatic N) is 1. The first-order chi connectivity index (χ1) is 6.75. The van der Waals surface area contributed by atoms with Gasteiger partial charge in [-0.15, -0.1) is 0 Å². The van der Waals surface area contributed by atoms with Gasteiger partial charge in [0.15, 0.2) is 0 Å². The molecule has 2 heterocycles. The Balaban J connectivity index is 1.82. The van der Waals surface area contributed by atoms with Crippen molar-refractivity contribution in [1.29, 1.82) is 0 Å². The van der Waals surface area contributed by atoms with Gasteiger partial charge in [-0.3, -0.25) is 4.79 Å². The molecule has 80 valence electrons. The molecule has 2 atom stereocenters. The first-order valence-electron chi connectivity index (χ1n) is 5.77. The zero-order valence-electron chi connectivity index (χ0n) is 8.96. The largest absolute Gasteiger partial charge is 0.341 e. The number of hydrogen-bond acceptors (Lipinski definition) is 2. The molecule has 2 rings (SSSR count). The highest BCUT2D eigenvalue weighted by Crippen LogP contribution is 2.18. The van der Waals surface area contributed by atoms with Gasteiger partial charge < -0.3 is 10.2 Å². The van der Waals surface area contributed by atoms with Gasteiger partial charge in [0.05, 0.1) is 0 Å². The molecule has 3 heteroatoms. The van der Waals surface area contributed by atoms with E-state index < -0.39 is 0 Å². The van der Waals surface area contributed by atoms with Crippen molar-refractivity contribution in [3.8, 4) is 0 Å². The van der Waals surface area contributed by atoms with E-state index >= 15 is 0 Å². The molecule has 2 aliphatic rings. The molecule has 1 unspecified atom stereocenters. The Hall–Kier alpha value is -0.570. The second kappa shape index (κ2) is 4.30. The van der Waals surface area contributed by atoms with Gasteiger partial charge in [-0.05, 0) is 31.7 Å². The highest BCUT2D eigenvalue weighted by Gasteiger charge is 2.26. The Morgan fingerprint density at radius 2 is 2.36 bits per heavy atom. The van der Waals surface area contributed by atoms with Crippen LogP contribution < -0.4 is 5.32 Å². The van der Waals surface area contributed by atoms with E-state index in [4.69, 9.17) is 0 Å². The fraction of sp³-hybridized carbons (Fsp3) is 0.909. The number of carbonyl (C=O) groups is 1. The predicted molar refractivity (Wildman–Crippen MR) is 56.0 cm³/mol. The van der Waals surface area contributed by atoms with E-state index in [1.165, 1.54) is 19.3 Å². The maximum absolute atomic E-state index is 11.7. The van der Waals surface area contributed by atoms with Crippen LogP contribution in [0.15, 0.2) is 0 Å². The molecule has 2 fully saturated rings. The van der Waals surface area contributed by atoms with Gasteiger partial charge >= 0.3 is 0 Å². The summed E-state index contributed by atoms with van der Waals surface area (Å²) < 4.78 is 0. The average Bonchev–Trinajstić information content (AvgIpc) is 2.62. The molecular weight excluding hydrogens is 176 g/mol. The van der Waals surface area contributed by atoms with Crippen molar-refractivity contribution in [2.24, 2.45) is 5.92 Å². The molecule has 2 saturated heterocycles. The predicted octanol–water partition coefficient (Wildman–Crippen LogP) is 0.997. The number of likely N-dealkylation sites (tertiary alicyclic amines) is 1. The lowest BCUT2D eigenvalue weighted by molar-refractivity contribution is -0.135. The number of rotatable bonds is 2. The van der Waals surface area contributed by atoms with Crippen LogP contribution in [0.2, 0.25) is 0 Å². The maximum Gasteiger partial charge on any atom is 0.222 e. The normalized spacial score (nSPS) is 33.8. The van der Waals surface area contributed by atoms with E-state index in [1.54, 1.807) is 0 Å². The van der Waals surface area contributed by atoms with Crippen molar-refractivity contribution in [2.75, 3.05) is 19.6 Å². The van der Waals surface area contributed by atoms with Crippen LogP contribution in [0.1, 0.15) is 32.6 Å². The fourth-order valence-electron chi connectivity index (χ4n) is 2.40. The van der Waals surface area contributed by atoms with E-state index in [-0.39, 0.29) is 0 Å². The van der Waals surface area contributed by atoms with Gasteiger partial charge in [-0.25, -0.2) is 0 Å². The third kappa shape index (κ3) is 2.27. The Morgan fingerprint density at radius 3 is 3.00 bits per heavy atom. The van der Waals surface area contributed by atoms with E-state index in [1.807, 2.05) is 4.90 Å². The number of piperidine rings is 1. The van der Waals surface area contributed by atoms with Crippen LogP contribution in [0.5, 0.6) is 0 Å². The average molecular weight is 196 g/mol. The second-order valence-electron chi connectivity index (χ2n) is 4.73. The summed E-state index contributed by atoms with van der Waals surface area (Å²) in [6, 6.07) is 0.562. The smallest absolute Gasteiger partial charge is 0.222 e. The summed E-state index contributed by atoms with van der Waals surface area (Å²) in [4.78, 5) is 13.7. The molecule has 0 aliphatic carbocycles. The first-order valence-corrected chi connectivity index (χ1v) is 5.77. The topological polar surface area (TPSA) is 32.3 Å². The van der Waals surface area contributed by atoms with Crippen molar-refractivity contribution < 1.29 is 4.79 Å². The van der Waals surface area contributed by atoms with E-state index in [2.05, 4.69) is 12.2 Å². The van der Waals surface area contributed by atoms with Crippen LogP contribution >= 0.6 is 0 Å². The quantitative estimate of drug-likeness (QED) is 0.714. The summed E-state index contributed by atoms with van der Waals surface area (Å²) in [7, 11) is 0. The van der Waals surface area contributed by atoms with Gasteiger partial charge in [0.2, 0.25) is 5.91 Å². The lowest BCUT2D eigenvalue weighted by Crippen LogP contribution is -2.44. The van der Waals surface area contributed by atoms with Crippen LogP contribution in [0.25, 0.3) is 0 Å². The number of carbonyl (C=O) groups excluding carboxylic acids is 1. The van der Waals surface area contributed by atoms with Gasteiger partial charge in [-0.2, -0.15) is 0 Å². The lowest BCUT2D eigenvalue weighted by atomic mass is 9.98. The molecule has 0 aromatic heterocycles. The minimum atomic E-state index is 0.359. The van der Waals surface area contributed by atoms with Gasteiger partial charge in [0, 0.05) is 25.6 Å². The number of amides is 1. The summed E-state index contributed by atoms with van der Waals surface area (Å²) >= 11 is 0. The molecule has 3 nitrogen and oxygen atoms in total. The molecule has 2 aliphatic heterocycles. The fourth-order valence-corrected chi connectivity index (χ4v) is 2.40. The van der Waals surface area contributed by atoms with E-state index in [0.717, 1.165) is 26.1 Å². The molecular formula is C11H20N2O. The number of nitrogens with one attached hydrogen (secondary N) is 1. The van der Waals surface area contributed by atoms with E-state index in [0.29, 0.717) is 17.9 Å². The monoisotopic (exact) mass is 196 g/mol. The summed E-state index contributed by atoms with van der Waals surface area (Å²) in [5.74, 6) is 0.952. The Morgan fingerprint density at radius 1 is 1.50 bits per heavy atom. The van der Waals surface area contributed by atoms with Crippen molar-refractivity contribution in [3.05, 3.63) is 0 Å². The van der Waals surface area contributed by atoms with Crippen molar-refractivity contribution in [1.82, 2.24) is 10.2 Å². The first kappa shape index (κ1) is 9.97. The van der Waals surface area contributed by atoms with Gasteiger partial charge in [-0.1, -0.05) is 6.92 Å².